The van der Waals surface area contributed by atoms with E-state index in [0.717, 1.165) is 51.3 Å². The molecule has 6 nitrogen and oxygen atoms in total. The van der Waals surface area contributed by atoms with Gasteiger partial charge in [0.25, 0.3) is 0 Å². The third-order valence-corrected chi connectivity index (χ3v) is 4.97. The van der Waals surface area contributed by atoms with E-state index >= 15 is 0 Å². The highest BCUT2D eigenvalue weighted by atomic mass is 127. The number of halogens is 4. The summed E-state index contributed by atoms with van der Waals surface area (Å²) in [7, 11) is 3.17. The maximum Gasteiger partial charge on any atom is 0.401 e. The largest absolute Gasteiger partial charge is 0.401 e. The summed E-state index contributed by atoms with van der Waals surface area (Å²) in [6.07, 6.45) is 1.59. The van der Waals surface area contributed by atoms with Gasteiger partial charge in [-0.3, -0.25) is 9.89 Å². The fourth-order valence-corrected chi connectivity index (χ4v) is 3.49. The lowest BCUT2D eigenvalue weighted by Gasteiger charge is -2.35. The van der Waals surface area contributed by atoms with Crippen molar-refractivity contribution < 1.29 is 22.6 Å². The van der Waals surface area contributed by atoms with Crippen molar-refractivity contribution >= 4 is 29.9 Å². The van der Waals surface area contributed by atoms with E-state index in [1.165, 1.54) is 18.4 Å². The van der Waals surface area contributed by atoms with Crippen molar-refractivity contribution in [2.75, 3.05) is 60.0 Å². The molecule has 2 rings (SSSR count). The molecule has 0 saturated carbocycles. The zero-order valence-electron chi connectivity index (χ0n) is 16.8. The Labute approximate surface area is 183 Å². The van der Waals surface area contributed by atoms with Gasteiger partial charge < -0.3 is 19.7 Å². The molecule has 2 saturated heterocycles. The molecule has 166 valence electrons. The number of nitrogens with zero attached hydrogens (tertiary/aromatic N) is 3. The number of guanidine groups is 1. The number of likely N-dealkylation sites (tertiary alicyclic amines) is 1. The van der Waals surface area contributed by atoms with Crippen LogP contribution >= 0.6 is 24.0 Å². The second-order valence-electron chi connectivity index (χ2n) is 7.34. The zero-order chi connectivity index (χ0) is 19.7. The van der Waals surface area contributed by atoms with Gasteiger partial charge in [0.15, 0.2) is 5.96 Å². The van der Waals surface area contributed by atoms with Gasteiger partial charge in [0, 0.05) is 39.8 Å². The van der Waals surface area contributed by atoms with Crippen LogP contribution in [0.3, 0.4) is 0 Å². The van der Waals surface area contributed by atoms with Crippen molar-refractivity contribution in [2.45, 2.75) is 50.5 Å². The van der Waals surface area contributed by atoms with Crippen molar-refractivity contribution in [1.82, 2.24) is 15.1 Å². The molecule has 28 heavy (non-hydrogen) atoms. The van der Waals surface area contributed by atoms with Crippen molar-refractivity contribution in [3.05, 3.63) is 0 Å². The van der Waals surface area contributed by atoms with E-state index in [1.54, 1.807) is 7.05 Å². The van der Waals surface area contributed by atoms with E-state index in [2.05, 4.69) is 15.2 Å². The SMILES string of the molecule is CN=C(NCCN(C)CC(F)(F)F)N1CCC(OCC2CCCCO2)CC1.I. The molecule has 0 aromatic heterocycles. The van der Waals surface area contributed by atoms with Gasteiger partial charge in [0.2, 0.25) is 0 Å². The lowest BCUT2D eigenvalue weighted by molar-refractivity contribution is -0.142. The second kappa shape index (κ2) is 13.1. The highest BCUT2D eigenvalue weighted by Gasteiger charge is 2.29. The van der Waals surface area contributed by atoms with Gasteiger partial charge in [-0.2, -0.15) is 13.2 Å². The van der Waals surface area contributed by atoms with Crippen molar-refractivity contribution in [1.29, 1.82) is 0 Å². The normalized spacial score (nSPS) is 22.3. The summed E-state index contributed by atoms with van der Waals surface area (Å²) in [6, 6.07) is 0. The summed E-state index contributed by atoms with van der Waals surface area (Å²) < 4.78 is 48.8. The van der Waals surface area contributed by atoms with Crippen LogP contribution in [0.15, 0.2) is 4.99 Å². The molecule has 0 amide bonds. The first-order valence-electron chi connectivity index (χ1n) is 9.81. The summed E-state index contributed by atoms with van der Waals surface area (Å²) >= 11 is 0. The Kier molecular flexibility index (Phi) is 12.0. The number of rotatable bonds is 7. The molecule has 0 aromatic rings. The van der Waals surface area contributed by atoms with E-state index < -0.39 is 12.7 Å². The molecule has 2 fully saturated rings. The molecular formula is C18H34F3IN4O2. The minimum absolute atomic E-state index is 0. The van der Waals surface area contributed by atoms with Crippen molar-refractivity contribution in [3.63, 3.8) is 0 Å². The summed E-state index contributed by atoms with van der Waals surface area (Å²) in [6.45, 7) is 2.99. The molecule has 1 N–H and O–H groups in total. The highest BCUT2D eigenvalue weighted by molar-refractivity contribution is 14.0. The van der Waals surface area contributed by atoms with Gasteiger partial charge in [-0.25, -0.2) is 0 Å². The van der Waals surface area contributed by atoms with E-state index in [4.69, 9.17) is 9.47 Å². The molecule has 0 spiro atoms. The van der Waals surface area contributed by atoms with Crippen LogP contribution in [0.2, 0.25) is 0 Å². The minimum Gasteiger partial charge on any atom is -0.376 e. The monoisotopic (exact) mass is 522 g/mol. The molecule has 0 radical (unpaired) electrons. The summed E-state index contributed by atoms with van der Waals surface area (Å²) in [5, 5.41) is 3.16. The summed E-state index contributed by atoms with van der Waals surface area (Å²) in [4.78, 5) is 7.65. The van der Waals surface area contributed by atoms with E-state index in [0.29, 0.717) is 19.7 Å². The van der Waals surface area contributed by atoms with Gasteiger partial charge in [-0.15, -0.1) is 24.0 Å². The first-order chi connectivity index (χ1) is 12.9. The van der Waals surface area contributed by atoms with Crippen molar-refractivity contribution in [3.8, 4) is 0 Å². The highest BCUT2D eigenvalue weighted by Crippen LogP contribution is 2.18. The maximum absolute atomic E-state index is 12.4. The number of hydrogen-bond donors (Lipinski definition) is 1. The second-order valence-corrected chi connectivity index (χ2v) is 7.34. The molecular weight excluding hydrogens is 488 g/mol. The van der Waals surface area contributed by atoms with E-state index in [1.807, 2.05) is 0 Å². The number of nitrogens with one attached hydrogen (secondary N) is 1. The lowest BCUT2D eigenvalue weighted by atomic mass is 10.1. The van der Waals surface area contributed by atoms with Crippen LogP contribution in [-0.4, -0.2) is 94.2 Å². The molecule has 2 aliphatic rings. The Morgan fingerprint density at radius 3 is 2.54 bits per heavy atom. The Balaban J connectivity index is 0.00000392. The maximum atomic E-state index is 12.4. The molecule has 2 aliphatic heterocycles. The summed E-state index contributed by atoms with van der Waals surface area (Å²) in [5.74, 6) is 0.740. The number of aliphatic imine (C=N–C) groups is 1. The first kappa shape index (κ1) is 25.7. The predicted octanol–water partition coefficient (Wildman–Crippen LogP) is 2.72. The van der Waals surface area contributed by atoms with E-state index in [9.17, 15) is 13.2 Å². The minimum atomic E-state index is -4.17. The quantitative estimate of drug-likeness (QED) is 0.317. The fourth-order valence-electron chi connectivity index (χ4n) is 3.49. The van der Waals surface area contributed by atoms with Crippen LogP contribution in [0.5, 0.6) is 0 Å². The van der Waals surface area contributed by atoms with Crippen LogP contribution in [0.4, 0.5) is 13.2 Å². The first-order valence-corrected chi connectivity index (χ1v) is 9.81. The lowest BCUT2D eigenvalue weighted by Crippen LogP contribution is -2.48. The predicted molar refractivity (Wildman–Crippen MR) is 114 cm³/mol. The van der Waals surface area contributed by atoms with Crippen LogP contribution in [0.25, 0.3) is 0 Å². The average Bonchev–Trinajstić information content (AvgIpc) is 2.63. The standard InChI is InChI=1S/C18H33F3N4O2.HI/c1-22-17(23-8-11-24(2)14-18(19,20)21)25-9-6-15(7-10-25)27-13-16-5-3-4-12-26-16;/h15-16H,3-14H2,1-2H3,(H,22,23);1H. The number of hydrogen-bond acceptors (Lipinski definition) is 4. The van der Waals surface area contributed by atoms with Gasteiger partial charge in [0.05, 0.1) is 25.4 Å². The molecule has 2 heterocycles. The topological polar surface area (TPSA) is 49.3 Å². The smallest absolute Gasteiger partial charge is 0.376 e. The van der Waals surface area contributed by atoms with Crippen LogP contribution in [-0.2, 0) is 9.47 Å². The molecule has 0 aromatic carbocycles. The Morgan fingerprint density at radius 1 is 1.25 bits per heavy atom. The van der Waals surface area contributed by atoms with Gasteiger partial charge in [-0.05, 0) is 39.2 Å². The van der Waals surface area contributed by atoms with Gasteiger partial charge in [-0.1, -0.05) is 0 Å². The van der Waals surface area contributed by atoms with Crippen LogP contribution in [0, 0.1) is 0 Å². The Hall–Kier alpha value is -0.330. The number of piperidine rings is 1. The Morgan fingerprint density at radius 2 is 1.96 bits per heavy atom. The summed E-state index contributed by atoms with van der Waals surface area (Å²) in [5.41, 5.74) is 0. The van der Waals surface area contributed by atoms with Gasteiger partial charge in [0.1, 0.15) is 0 Å². The average molecular weight is 522 g/mol. The molecule has 0 aliphatic carbocycles. The molecule has 1 atom stereocenters. The molecule has 1 unspecified atom stereocenters. The zero-order valence-corrected chi connectivity index (χ0v) is 19.2. The van der Waals surface area contributed by atoms with Crippen molar-refractivity contribution in [2.24, 2.45) is 4.99 Å². The van der Waals surface area contributed by atoms with Crippen LogP contribution < -0.4 is 5.32 Å². The molecule has 10 heteroatoms. The number of alkyl halides is 3. The number of ether oxygens (including phenoxy) is 2. The third kappa shape index (κ3) is 9.93. The van der Waals surface area contributed by atoms with E-state index in [-0.39, 0.29) is 36.2 Å². The third-order valence-electron chi connectivity index (χ3n) is 4.97. The fraction of sp³-hybridized carbons (Fsp3) is 0.944. The van der Waals surface area contributed by atoms with Gasteiger partial charge >= 0.3 is 6.18 Å². The Bertz CT molecular complexity index is 455. The molecule has 0 bridgehead atoms. The van der Waals surface area contributed by atoms with Crippen LogP contribution in [0.1, 0.15) is 32.1 Å². The number of likely N-dealkylation sites (N-methyl/N-ethyl adjacent to an activating group) is 1.